The van der Waals surface area contributed by atoms with Crippen molar-refractivity contribution in [3.63, 3.8) is 0 Å². The summed E-state index contributed by atoms with van der Waals surface area (Å²) < 4.78 is 51.1. The van der Waals surface area contributed by atoms with Gasteiger partial charge in [0.15, 0.2) is 5.69 Å². The first-order valence-electron chi connectivity index (χ1n) is 9.59. The van der Waals surface area contributed by atoms with Crippen LogP contribution in [0.1, 0.15) is 53.9 Å². The Balaban J connectivity index is 1.99. The molecule has 0 amide bonds. The average Bonchev–Trinajstić information content (AvgIpc) is 3.22. The van der Waals surface area contributed by atoms with Crippen molar-refractivity contribution in [1.82, 2.24) is 9.71 Å². The monoisotopic (exact) mass is 502 g/mol. The smallest absolute Gasteiger partial charge is 0.360 e. The molecule has 1 aromatic heterocycles. The Morgan fingerprint density at radius 1 is 1.47 bits per heavy atom. The number of ether oxygens (including phenoxy) is 1. The topological polar surface area (TPSA) is 98.5 Å². The van der Waals surface area contributed by atoms with Crippen LogP contribution in [0.25, 0.3) is 0 Å². The van der Waals surface area contributed by atoms with Crippen LogP contribution >= 0.6 is 15.9 Å². The molecule has 0 saturated heterocycles. The number of oxazole rings is 1. The Labute approximate surface area is 183 Å². The zero-order valence-electron chi connectivity index (χ0n) is 17.0. The first-order valence-corrected chi connectivity index (χ1v) is 12.3. The highest BCUT2D eigenvalue weighted by molar-refractivity contribution is 9.10. The Morgan fingerprint density at radius 3 is 2.83 bits per heavy atom. The van der Waals surface area contributed by atoms with Crippen LogP contribution in [-0.2, 0) is 26.6 Å². The van der Waals surface area contributed by atoms with E-state index in [-0.39, 0.29) is 24.2 Å². The number of nitrogens with one attached hydrogen (secondary N) is 1. The zero-order valence-corrected chi connectivity index (χ0v) is 19.4. The van der Waals surface area contributed by atoms with E-state index in [2.05, 4.69) is 25.6 Å². The van der Waals surface area contributed by atoms with Gasteiger partial charge >= 0.3 is 5.97 Å². The fraction of sp³-hybridized carbons (Fsp3) is 0.500. The second-order valence-corrected chi connectivity index (χ2v) is 10.3. The molecule has 2 atom stereocenters. The summed E-state index contributed by atoms with van der Waals surface area (Å²) in [6.45, 7) is 3.57. The predicted molar refractivity (Wildman–Crippen MR) is 112 cm³/mol. The number of hydrogen-bond acceptors (Lipinski definition) is 6. The molecule has 30 heavy (non-hydrogen) atoms. The molecule has 1 aromatic carbocycles. The van der Waals surface area contributed by atoms with Gasteiger partial charge < -0.3 is 9.15 Å². The second-order valence-electron chi connectivity index (χ2n) is 7.68. The molecule has 164 valence electrons. The van der Waals surface area contributed by atoms with Crippen LogP contribution in [0, 0.1) is 12.7 Å². The van der Waals surface area contributed by atoms with Crippen LogP contribution in [0.5, 0.6) is 0 Å². The molecule has 1 aliphatic rings. The number of aryl methyl sites for hydroxylation is 1. The standard InChI is InChI=1S/C20H24BrFN2O5S/c1-4-28-18(25)17-12(2)29-19(23-17)20(8-7-14(11-20)24-30(3,26)27)10-13-5-6-16(22)15(21)9-13/h5-6,9,14,24H,4,7-8,10-11H2,1-3H3/t14-,20+/m0/s1. The molecule has 7 nitrogen and oxygen atoms in total. The average molecular weight is 503 g/mol. The lowest BCUT2D eigenvalue weighted by molar-refractivity contribution is 0.0518. The van der Waals surface area contributed by atoms with Crippen LogP contribution in [-0.4, -0.2) is 38.3 Å². The molecule has 1 N–H and O–H groups in total. The van der Waals surface area contributed by atoms with Crippen molar-refractivity contribution in [2.24, 2.45) is 0 Å². The molecule has 1 heterocycles. The van der Waals surface area contributed by atoms with E-state index in [1.807, 2.05) is 0 Å². The highest BCUT2D eigenvalue weighted by Crippen LogP contribution is 2.44. The van der Waals surface area contributed by atoms with Crippen molar-refractivity contribution < 1.29 is 26.8 Å². The van der Waals surface area contributed by atoms with E-state index < -0.39 is 21.4 Å². The molecule has 0 radical (unpaired) electrons. The Bertz CT molecular complexity index is 1060. The molecule has 1 aliphatic carbocycles. The SMILES string of the molecule is CCOC(=O)c1nc([C@@]2(Cc3ccc(F)c(Br)c3)CC[C@H](NS(C)(=O)=O)C2)oc1C. The zero-order chi connectivity index (χ0) is 22.1. The number of esters is 1. The normalized spacial score (nSPS) is 21.7. The molecular formula is C20H24BrFN2O5S. The predicted octanol–water partition coefficient (Wildman–Crippen LogP) is 3.64. The lowest BCUT2D eigenvalue weighted by Crippen LogP contribution is -2.35. The molecule has 0 aliphatic heterocycles. The number of aromatic nitrogens is 1. The molecule has 1 fully saturated rings. The van der Waals surface area contributed by atoms with Gasteiger partial charge in [0.1, 0.15) is 11.6 Å². The van der Waals surface area contributed by atoms with Crippen LogP contribution in [0.4, 0.5) is 4.39 Å². The van der Waals surface area contributed by atoms with Gasteiger partial charge in [-0.2, -0.15) is 0 Å². The van der Waals surface area contributed by atoms with Gasteiger partial charge in [0.25, 0.3) is 0 Å². The maximum absolute atomic E-state index is 13.7. The van der Waals surface area contributed by atoms with E-state index >= 15 is 0 Å². The Kier molecular flexibility index (Phi) is 6.69. The quantitative estimate of drug-likeness (QED) is 0.580. The maximum Gasteiger partial charge on any atom is 0.360 e. The fourth-order valence-electron chi connectivity index (χ4n) is 4.01. The molecular weight excluding hydrogens is 479 g/mol. The van der Waals surface area contributed by atoms with Crippen LogP contribution in [0.15, 0.2) is 27.1 Å². The number of sulfonamides is 1. The molecule has 0 unspecified atom stereocenters. The summed E-state index contributed by atoms with van der Waals surface area (Å²) in [6, 6.07) is 4.46. The van der Waals surface area contributed by atoms with Crippen LogP contribution in [0.2, 0.25) is 0 Å². The third kappa shape index (κ3) is 5.09. The second kappa shape index (κ2) is 8.76. The number of rotatable bonds is 7. The third-order valence-electron chi connectivity index (χ3n) is 5.23. The van der Waals surface area contributed by atoms with Gasteiger partial charge in [0.05, 0.1) is 22.8 Å². The fourth-order valence-corrected chi connectivity index (χ4v) is 5.25. The van der Waals surface area contributed by atoms with Crippen molar-refractivity contribution >= 4 is 31.9 Å². The lowest BCUT2D eigenvalue weighted by atomic mass is 9.79. The summed E-state index contributed by atoms with van der Waals surface area (Å²) in [5.74, 6) is -0.218. The molecule has 0 bridgehead atoms. The number of hydrogen-bond donors (Lipinski definition) is 1. The minimum Gasteiger partial charge on any atom is -0.461 e. The lowest BCUT2D eigenvalue weighted by Gasteiger charge is -2.26. The first kappa shape index (κ1) is 22.9. The minimum atomic E-state index is -3.38. The summed E-state index contributed by atoms with van der Waals surface area (Å²) in [5.41, 5.74) is 0.317. The number of halogens is 2. The van der Waals surface area contributed by atoms with Gasteiger partial charge in [-0.25, -0.2) is 27.3 Å². The van der Waals surface area contributed by atoms with E-state index in [9.17, 15) is 17.6 Å². The number of nitrogens with zero attached hydrogens (tertiary/aromatic N) is 1. The van der Waals surface area contributed by atoms with Crippen molar-refractivity contribution in [3.8, 4) is 0 Å². The molecule has 1 saturated carbocycles. The summed E-state index contributed by atoms with van der Waals surface area (Å²) in [4.78, 5) is 16.7. The van der Waals surface area contributed by atoms with Crippen molar-refractivity contribution in [1.29, 1.82) is 0 Å². The molecule has 2 aromatic rings. The first-order chi connectivity index (χ1) is 14.0. The number of carbonyl (C=O) groups excluding carboxylic acids is 1. The van der Waals surface area contributed by atoms with Crippen LogP contribution in [0.3, 0.4) is 0 Å². The van der Waals surface area contributed by atoms with Gasteiger partial charge in [0, 0.05) is 6.04 Å². The molecule has 3 rings (SSSR count). The Morgan fingerprint density at radius 2 is 2.20 bits per heavy atom. The van der Waals surface area contributed by atoms with Gasteiger partial charge in [-0.05, 0) is 73.2 Å². The van der Waals surface area contributed by atoms with E-state index in [1.54, 1.807) is 26.0 Å². The van der Waals surface area contributed by atoms with Crippen LogP contribution < -0.4 is 4.72 Å². The molecule has 10 heteroatoms. The number of benzene rings is 1. The summed E-state index contributed by atoms with van der Waals surface area (Å²) in [6.07, 6.45) is 3.20. The van der Waals surface area contributed by atoms with E-state index in [0.29, 0.717) is 41.8 Å². The maximum atomic E-state index is 13.7. The van der Waals surface area contributed by atoms with E-state index in [0.717, 1.165) is 11.8 Å². The largest absolute Gasteiger partial charge is 0.461 e. The summed E-state index contributed by atoms with van der Waals surface area (Å²) in [7, 11) is -3.38. The highest BCUT2D eigenvalue weighted by Gasteiger charge is 2.46. The molecule has 0 spiro atoms. The summed E-state index contributed by atoms with van der Waals surface area (Å²) >= 11 is 3.21. The third-order valence-corrected chi connectivity index (χ3v) is 6.60. The van der Waals surface area contributed by atoms with Gasteiger partial charge in [-0.3, -0.25) is 0 Å². The van der Waals surface area contributed by atoms with Gasteiger partial charge in [-0.15, -0.1) is 0 Å². The van der Waals surface area contributed by atoms with Crippen molar-refractivity contribution in [2.45, 2.75) is 51.0 Å². The van der Waals surface area contributed by atoms with Crippen molar-refractivity contribution in [2.75, 3.05) is 12.9 Å². The van der Waals surface area contributed by atoms with E-state index in [4.69, 9.17) is 9.15 Å². The Hall–Kier alpha value is -1.78. The minimum absolute atomic E-state index is 0.117. The van der Waals surface area contributed by atoms with Gasteiger partial charge in [-0.1, -0.05) is 6.07 Å². The highest BCUT2D eigenvalue weighted by atomic mass is 79.9. The summed E-state index contributed by atoms with van der Waals surface area (Å²) in [5, 5.41) is 0. The van der Waals surface area contributed by atoms with Crippen molar-refractivity contribution in [3.05, 3.63) is 51.4 Å². The van der Waals surface area contributed by atoms with Gasteiger partial charge in [0.2, 0.25) is 15.9 Å². The number of carbonyl (C=O) groups is 1. The van der Waals surface area contributed by atoms with E-state index in [1.165, 1.54) is 6.07 Å².